The zero-order valence-corrected chi connectivity index (χ0v) is 16.1. The van der Waals surface area contributed by atoms with Crippen LogP contribution < -0.4 is 10.9 Å². The van der Waals surface area contributed by atoms with Crippen LogP contribution >= 0.6 is 11.6 Å². The van der Waals surface area contributed by atoms with Gasteiger partial charge in [0.1, 0.15) is 11.1 Å². The van der Waals surface area contributed by atoms with Crippen LogP contribution in [0.15, 0.2) is 70.7 Å². The van der Waals surface area contributed by atoms with Gasteiger partial charge in [0.15, 0.2) is 0 Å². The number of halogens is 1. The van der Waals surface area contributed by atoms with Crippen LogP contribution in [-0.2, 0) is 11.9 Å². The van der Waals surface area contributed by atoms with E-state index in [2.05, 4.69) is 52.0 Å². The van der Waals surface area contributed by atoms with Gasteiger partial charge in [-0.1, -0.05) is 71.4 Å². The molecule has 2 aromatic carbocycles. The Labute approximate surface area is 167 Å². The Hall–Kier alpha value is -3.12. The molecule has 0 saturated carbocycles. The predicted octanol–water partition coefficient (Wildman–Crippen LogP) is 3.71. The number of anilines is 1. The van der Waals surface area contributed by atoms with Crippen molar-refractivity contribution in [1.29, 1.82) is 0 Å². The highest BCUT2D eigenvalue weighted by Crippen LogP contribution is 2.23. The third-order valence-electron chi connectivity index (χ3n) is 4.66. The molecule has 1 aliphatic heterocycles. The topological polar surface area (TPSA) is 68.5 Å². The van der Waals surface area contributed by atoms with Crippen molar-refractivity contribution in [3.63, 3.8) is 0 Å². The first-order chi connectivity index (χ1) is 13.6. The lowest BCUT2D eigenvalue weighted by atomic mass is 10.00. The van der Waals surface area contributed by atoms with Crippen LogP contribution in [0.3, 0.4) is 0 Å². The molecule has 6 nitrogen and oxygen atoms in total. The minimum atomic E-state index is -0.338. The summed E-state index contributed by atoms with van der Waals surface area (Å²) in [5.41, 5.74) is 4.44. The molecule has 0 amide bonds. The Morgan fingerprint density at radius 3 is 2.54 bits per heavy atom. The van der Waals surface area contributed by atoms with Gasteiger partial charge >= 0.3 is 0 Å². The van der Waals surface area contributed by atoms with Gasteiger partial charge in [0.25, 0.3) is 5.56 Å². The Bertz CT molecular complexity index is 1060. The molecule has 4 rings (SSSR count). The fourth-order valence-electron chi connectivity index (χ4n) is 3.05. The standard InChI is InChI=1S/C21H19ClN4O2/c1-26-21(27)20(22)19(13-24-26)23-12-17-11-18(25-28-17)16-9-7-15(8-10-16)14-5-3-2-4-6-14/h2-10,13,17,23H,11-12H2,1H3/t17-/m1/s1. The number of benzene rings is 2. The minimum Gasteiger partial charge on any atom is -0.390 e. The number of aromatic nitrogens is 2. The van der Waals surface area contributed by atoms with Crippen LogP contribution in [-0.4, -0.2) is 28.1 Å². The summed E-state index contributed by atoms with van der Waals surface area (Å²) < 4.78 is 1.19. The van der Waals surface area contributed by atoms with Crippen molar-refractivity contribution in [3.8, 4) is 11.1 Å². The van der Waals surface area contributed by atoms with E-state index in [1.54, 1.807) is 7.05 Å². The average molecular weight is 395 g/mol. The summed E-state index contributed by atoms with van der Waals surface area (Å²) in [6.07, 6.45) is 2.07. The number of aryl methyl sites for hydroxylation is 1. The summed E-state index contributed by atoms with van der Waals surface area (Å²) in [7, 11) is 1.56. The van der Waals surface area contributed by atoms with Gasteiger partial charge in [0, 0.05) is 13.5 Å². The zero-order valence-electron chi connectivity index (χ0n) is 15.3. The number of nitrogens with zero attached hydrogens (tertiary/aromatic N) is 3. The highest BCUT2D eigenvalue weighted by Gasteiger charge is 2.22. The van der Waals surface area contributed by atoms with E-state index in [4.69, 9.17) is 16.4 Å². The molecule has 28 heavy (non-hydrogen) atoms. The van der Waals surface area contributed by atoms with Gasteiger partial charge in [-0.15, -0.1) is 0 Å². The second-order valence-electron chi connectivity index (χ2n) is 6.59. The van der Waals surface area contributed by atoms with Crippen molar-refractivity contribution in [2.24, 2.45) is 12.2 Å². The SMILES string of the molecule is Cn1ncc(NC[C@H]2CC(c3ccc(-c4ccccc4)cc3)=NO2)c(Cl)c1=O. The monoisotopic (exact) mass is 394 g/mol. The number of hydrogen-bond acceptors (Lipinski definition) is 5. The van der Waals surface area contributed by atoms with E-state index in [0.29, 0.717) is 18.7 Å². The molecular formula is C21H19ClN4O2. The maximum Gasteiger partial charge on any atom is 0.287 e. The van der Waals surface area contributed by atoms with E-state index < -0.39 is 0 Å². The highest BCUT2D eigenvalue weighted by molar-refractivity contribution is 6.32. The molecule has 3 aromatic rings. The van der Waals surface area contributed by atoms with Gasteiger partial charge in [-0.3, -0.25) is 4.79 Å². The van der Waals surface area contributed by atoms with Gasteiger partial charge in [-0.2, -0.15) is 5.10 Å². The highest BCUT2D eigenvalue weighted by atomic mass is 35.5. The van der Waals surface area contributed by atoms with Crippen LogP contribution in [0.1, 0.15) is 12.0 Å². The number of oxime groups is 1. The van der Waals surface area contributed by atoms with Gasteiger partial charge in [0.05, 0.1) is 24.1 Å². The largest absolute Gasteiger partial charge is 0.390 e. The molecule has 0 spiro atoms. The summed E-state index contributed by atoms with van der Waals surface area (Å²) in [6, 6.07) is 18.5. The molecule has 142 valence electrons. The van der Waals surface area contributed by atoms with Gasteiger partial charge in [0.2, 0.25) is 0 Å². The lowest BCUT2D eigenvalue weighted by Crippen LogP contribution is -2.24. The Morgan fingerprint density at radius 2 is 1.79 bits per heavy atom. The number of rotatable bonds is 5. The quantitative estimate of drug-likeness (QED) is 0.716. The van der Waals surface area contributed by atoms with Gasteiger partial charge in [-0.05, 0) is 16.7 Å². The van der Waals surface area contributed by atoms with Crippen molar-refractivity contribution in [2.75, 3.05) is 11.9 Å². The molecule has 1 N–H and O–H groups in total. The summed E-state index contributed by atoms with van der Waals surface area (Å²) in [5, 5.41) is 11.4. The van der Waals surface area contributed by atoms with E-state index in [0.717, 1.165) is 16.8 Å². The van der Waals surface area contributed by atoms with Crippen LogP contribution in [0.2, 0.25) is 5.02 Å². The fourth-order valence-corrected chi connectivity index (χ4v) is 3.29. The van der Waals surface area contributed by atoms with Crippen molar-refractivity contribution in [2.45, 2.75) is 12.5 Å². The first-order valence-electron chi connectivity index (χ1n) is 8.96. The lowest BCUT2D eigenvalue weighted by Gasteiger charge is -2.12. The first kappa shape index (κ1) is 18.3. The number of hydrogen-bond donors (Lipinski definition) is 1. The average Bonchev–Trinajstić information content (AvgIpc) is 3.21. The van der Waals surface area contributed by atoms with Crippen LogP contribution in [0.25, 0.3) is 11.1 Å². The normalized spacial score (nSPS) is 15.8. The molecule has 0 bridgehead atoms. The fraction of sp³-hybridized carbons (Fsp3) is 0.190. The van der Waals surface area contributed by atoms with Gasteiger partial charge in [-0.25, -0.2) is 4.68 Å². The van der Waals surface area contributed by atoms with Crippen LogP contribution in [0.4, 0.5) is 5.69 Å². The van der Waals surface area contributed by atoms with E-state index >= 15 is 0 Å². The summed E-state index contributed by atoms with van der Waals surface area (Å²) in [6.45, 7) is 0.476. The lowest BCUT2D eigenvalue weighted by molar-refractivity contribution is 0.0949. The first-order valence-corrected chi connectivity index (χ1v) is 9.34. The molecule has 7 heteroatoms. The van der Waals surface area contributed by atoms with Crippen molar-refractivity contribution in [1.82, 2.24) is 9.78 Å². The molecule has 1 aromatic heterocycles. The van der Waals surface area contributed by atoms with Crippen LogP contribution in [0, 0.1) is 0 Å². The molecule has 0 unspecified atom stereocenters. The van der Waals surface area contributed by atoms with E-state index in [9.17, 15) is 4.79 Å². The van der Waals surface area contributed by atoms with E-state index in [1.807, 2.05) is 18.2 Å². The van der Waals surface area contributed by atoms with Crippen molar-refractivity contribution in [3.05, 3.63) is 81.7 Å². The second kappa shape index (κ2) is 7.86. The maximum absolute atomic E-state index is 11.8. The third-order valence-corrected chi connectivity index (χ3v) is 5.02. The van der Waals surface area contributed by atoms with E-state index in [-0.39, 0.29) is 16.7 Å². The Morgan fingerprint density at radius 1 is 1.11 bits per heavy atom. The van der Waals surface area contributed by atoms with Crippen molar-refractivity contribution >= 4 is 23.0 Å². The molecule has 0 radical (unpaired) electrons. The number of nitrogens with one attached hydrogen (secondary N) is 1. The van der Waals surface area contributed by atoms with E-state index in [1.165, 1.54) is 16.4 Å². The molecule has 0 fully saturated rings. The second-order valence-corrected chi connectivity index (χ2v) is 6.97. The Balaban J connectivity index is 1.38. The molecule has 2 heterocycles. The third kappa shape index (κ3) is 3.77. The van der Waals surface area contributed by atoms with Gasteiger partial charge < -0.3 is 10.2 Å². The molecule has 1 aliphatic rings. The predicted molar refractivity (Wildman–Crippen MR) is 111 cm³/mol. The molecule has 0 saturated heterocycles. The zero-order chi connectivity index (χ0) is 19.5. The Kier molecular flexibility index (Phi) is 5.12. The summed E-state index contributed by atoms with van der Waals surface area (Å²) >= 11 is 6.07. The summed E-state index contributed by atoms with van der Waals surface area (Å²) in [4.78, 5) is 17.4. The smallest absolute Gasteiger partial charge is 0.287 e. The molecule has 0 aliphatic carbocycles. The molecule has 1 atom stereocenters. The van der Waals surface area contributed by atoms with Crippen molar-refractivity contribution < 1.29 is 4.84 Å². The molecular weight excluding hydrogens is 376 g/mol. The minimum absolute atomic E-state index is 0.119. The van der Waals surface area contributed by atoms with Crippen LogP contribution in [0.5, 0.6) is 0 Å². The maximum atomic E-state index is 11.8. The summed E-state index contributed by atoms with van der Waals surface area (Å²) in [5.74, 6) is 0.